The van der Waals surface area contributed by atoms with E-state index in [1.165, 1.54) is 12.7 Å². The Morgan fingerprint density at radius 1 is 0.947 bits per heavy atom. The minimum atomic E-state index is -0.257. The predicted molar refractivity (Wildman–Crippen MR) is 150 cm³/mol. The second-order valence-corrected chi connectivity index (χ2v) is 9.91. The number of ether oxygens (including phenoxy) is 1. The number of carbonyl (C=O) groups excluding carboxylic acids is 1. The van der Waals surface area contributed by atoms with Gasteiger partial charge in [0.15, 0.2) is 17.3 Å². The number of fused-ring (bicyclic) bond motifs is 1. The summed E-state index contributed by atoms with van der Waals surface area (Å²) in [6.07, 6.45) is 2.21. The molecule has 1 aliphatic carbocycles. The first-order valence-electron chi connectivity index (χ1n) is 13.0. The number of Topliss-reactive ketones (excluding diaryl/α,β-unsaturated/α-hetero) is 1. The van der Waals surface area contributed by atoms with Crippen molar-refractivity contribution in [3.8, 4) is 17.2 Å². The molecular weight excluding hydrogens is 474 g/mol. The van der Waals surface area contributed by atoms with E-state index in [4.69, 9.17) is 9.84 Å². The average molecular weight is 508 g/mol. The van der Waals surface area contributed by atoms with Crippen molar-refractivity contribution >= 4 is 11.6 Å². The van der Waals surface area contributed by atoms with Crippen molar-refractivity contribution < 1.29 is 14.6 Å². The molecule has 0 saturated carbocycles. The summed E-state index contributed by atoms with van der Waals surface area (Å²) < 4.78 is 7.29. The van der Waals surface area contributed by atoms with Gasteiger partial charge < -0.3 is 15.2 Å². The summed E-state index contributed by atoms with van der Waals surface area (Å²) >= 11 is 0. The summed E-state index contributed by atoms with van der Waals surface area (Å²) in [6, 6.07) is 23.8. The molecule has 0 spiro atoms. The van der Waals surface area contributed by atoms with Gasteiger partial charge in [-0.25, -0.2) is 4.68 Å². The molecule has 0 amide bonds. The lowest BCUT2D eigenvalue weighted by atomic mass is 9.76. The number of methoxy groups -OCH3 is 1. The van der Waals surface area contributed by atoms with Gasteiger partial charge >= 0.3 is 0 Å². The molecule has 1 atom stereocenters. The smallest absolute Gasteiger partial charge is 0.161 e. The third-order valence-corrected chi connectivity index (χ3v) is 7.13. The summed E-state index contributed by atoms with van der Waals surface area (Å²) in [5.74, 6) is 1.28. The fourth-order valence-corrected chi connectivity index (χ4v) is 5.31. The van der Waals surface area contributed by atoms with Crippen LogP contribution in [0.1, 0.15) is 53.1 Å². The molecule has 2 aliphatic rings. The Morgan fingerprint density at radius 2 is 1.71 bits per heavy atom. The molecule has 2 N–H and O–H groups in total. The number of phenols is 1. The molecule has 2 heterocycles. The number of rotatable bonds is 3. The van der Waals surface area contributed by atoms with Crippen molar-refractivity contribution in [2.45, 2.75) is 46.0 Å². The van der Waals surface area contributed by atoms with E-state index in [1.807, 2.05) is 54.1 Å². The van der Waals surface area contributed by atoms with Gasteiger partial charge in [0, 0.05) is 29.2 Å². The number of allylic oxidation sites excluding steroid dienone is 2. The molecule has 1 aromatic heterocycles. The van der Waals surface area contributed by atoms with Crippen LogP contribution in [0, 0.1) is 20.8 Å². The van der Waals surface area contributed by atoms with Gasteiger partial charge in [-0.15, -0.1) is 0 Å². The number of carbonyl (C=O) groups is 1. The third-order valence-electron chi connectivity index (χ3n) is 7.13. The Bertz CT molecular complexity index is 1520. The normalized spacial score (nSPS) is 16.1. The highest BCUT2D eigenvalue weighted by Crippen LogP contribution is 2.48. The molecule has 0 fully saturated rings. The Labute approximate surface area is 223 Å². The highest BCUT2D eigenvalue weighted by molar-refractivity contribution is 6.01. The van der Waals surface area contributed by atoms with Crippen molar-refractivity contribution in [1.82, 2.24) is 9.78 Å². The van der Waals surface area contributed by atoms with Gasteiger partial charge in [0.1, 0.15) is 5.82 Å². The van der Waals surface area contributed by atoms with Crippen molar-refractivity contribution in [3.63, 3.8) is 0 Å². The number of anilines is 1. The van der Waals surface area contributed by atoms with Gasteiger partial charge in [-0.2, -0.15) is 5.10 Å². The van der Waals surface area contributed by atoms with Gasteiger partial charge in [0.25, 0.3) is 0 Å². The number of benzene rings is 3. The number of aromatic nitrogens is 2. The highest BCUT2D eigenvalue weighted by atomic mass is 16.5. The first kappa shape index (κ1) is 25.3. The number of hydrogen-bond acceptors (Lipinski definition) is 5. The number of ketones is 1. The summed E-state index contributed by atoms with van der Waals surface area (Å²) in [5, 5.41) is 18.5. The number of aromatic hydroxyl groups is 1. The maximum Gasteiger partial charge on any atom is 0.161 e. The molecule has 6 heteroatoms. The quantitative estimate of drug-likeness (QED) is 0.320. The van der Waals surface area contributed by atoms with Crippen LogP contribution in [0.4, 0.5) is 5.82 Å². The number of aryl methyl sites for hydroxylation is 3. The van der Waals surface area contributed by atoms with E-state index >= 15 is 0 Å². The summed E-state index contributed by atoms with van der Waals surface area (Å²) in [7, 11) is 1.53. The van der Waals surface area contributed by atoms with E-state index in [2.05, 4.69) is 43.4 Å². The standard InChI is InChI=1S/C25H25N3O3.C7H8/c1-14-6-4-7-17(12-14)28-25-22(15(2)27-28)23(16-10-11-19(29)21(13-16)31-3)24-18(26-25)8-5-9-20(24)30;1-7-5-3-2-4-6-7/h4,6-7,10-13,23,26,29H,5,8-9H2,1-3H3;2-6H,1H3. The fraction of sp³-hybridized carbons (Fsp3) is 0.250. The van der Waals surface area contributed by atoms with E-state index in [1.54, 1.807) is 6.07 Å². The van der Waals surface area contributed by atoms with Crippen LogP contribution in [0.2, 0.25) is 0 Å². The molecule has 0 radical (unpaired) electrons. The van der Waals surface area contributed by atoms with Gasteiger partial charge in [-0.05, 0) is 69.0 Å². The number of nitrogens with zero attached hydrogens (tertiary/aromatic N) is 2. The minimum absolute atomic E-state index is 0.0803. The zero-order valence-electron chi connectivity index (χ0n) is 22.3. The maximum atomic E-state index is 13.1. The van der Waals surface area contributed by atoms with Gasteiger partial charge in [0.2, 0.25) is 0 Å². The molecular formula is C32H33N3O3. The third kappa shape index (κ3) is 4.82. The van der Waals surface area contributed by atoms with Crippen molar-refractivity contribution in [2.75, 3.05) is 12.4 Å². The van der Waals surface area contributed by atoms with E-state index in [-0.39, 0.29) is 17.5 Å². The van der Waals surface area contributed by atoms with Crippen LogP contribution in [0.25, 0.3) is 5.69 Å². The first-order valence-corrected chi connectivity index (χ1v) is 13.0. The largest absolute Gasteiger partial charge is 0.504 e. The molecule has 1 unspecified atom stereocenters. The average Bonchev–Trinajstić information content (AvgIpc) is 3.25. The monoisotopic (exact) mass is 507 g/mol. The zero-order chi connectivity index (χ0) is 26.8. The predicted octanol–water partition coefficient (Wildman–Crippen LogP) is 6.76. The van der Waals surface area contributed by atoms with Gasteiger partial charge in [-0.3, -0.25) is 4.79 Å². The SMILES string of the molecule is COc1cc(C2C3=C(CCCC3=O)Nc3c2c(C)nn3-c2cccc(C)c2)ccc1O.Cc1ccccc1. The van der Waals surface area contributed by atoms with Crippen LogP contribution >= 0.6 is 0 Å². The zero-order valence-corrected chi connectivity index (χ0v) is 22.3. The Morgan fingerprint density at radius 3 is 2.39 bits per heavy atom. The van der Waals surface area contributed by atoms with Crippen molar-refractivity contribution in [2.24, 2.45) is 0 Å². The summed E-state index contributed by atoms with van der Waals surface area (Å²) in [5.41, 5.74) is 7.99. The molecule has 3 aromatic carbocycles. The fourth-order valence-electron chi connectivity index (χ4n) is 5.31. The van der Waals surface area contributed by atoms with Gasteiger partial charge in [0.05, 0.1) is 18.5 Å². The summed E-state index contributed by atoms with van der Waals surface area (Å²) in [6.45, 7) is 6.13. The lowest BCUT2D eigenvalue weighted by Crippen LogP contribution is -2.27. The first-order chi connectivity index (χ1) is 18.4. The lowest BCUT2D eigenvalue weighted by Gasteiger charge is -2.33. The van der Waals surface area contributed by atoms with Crippen LogP contribution in [-0.2, 0) is 4.79 Å². The van der Waals surface area contributed by atoms with E-state index in [0.29, 0.717) is 12.2 Å². The second kappa shape index (κ2) is 10.6. The van der Waals surface area contributed by atoms with E-state index < -0.39 is 0 Å². The number of phenolic OH excluding ortho intramolecular Hbond substituents is 1. The second-order valence-electron chi connectivity index (χ2n) is 9.91. The van der Waals surface area contributed by atoms with Gasteiger partial charge in [-0.1, -0.05) is 54.1 Å². The molecule has 4 aromatic rings. The van der Waals surface area contributed by atoms with Crippen molar-refractivity contribution in [1.29, 1.82) is 0 Å². The Balaban J connectivity index is 0.000000366. The van der Waals surface area contributed by atoms with Crippen LogP contribution in [0.15, 0.2) is 84.1 Å². The molecule has 0 saturated heterocycles. The number of nitrogens with one attached hydrogen (secondary N) is 1. The number of hydrogen-bond donors (Lipinski definition) is 2. The topological polar surface area (TPSA) is 76.4 Å². The molecule has 38 heavy (non-hydrogen) atoms. The van der Waals surface area contributed by atoms with Crippen LogP contribution in [0.3, 0.4) is 0 Å². The van der Waals surface area contributed by atoms with E-state index in [0.717, 1.165) is 58.0 Å². The van der Waals surface area contributed by atoms with E-state index in [9.17, 15) is 9.90 Å². The molecule has 194 valence electrons. The Hall–Kier alpha value is -4.32. The van der Waals surface area contributed by atoms with Crippen LogP contribution in [-0.4, -0.2) is 27.8 Å². The summed E-state index contributed by atoms with van der Waals surface area (Å²) in [4.78, 5) is 13.1. The van der Waals surface area contributed by atoms with Crippen molar-refractivity contribution in [3.05, 3.63) is 112 Å². The minimum Gasteiger partial charge on any atom is -0.504 e. The van der Waals surface area contributed by atoms with Crippen LogP contribution < -0.4 is 10.1 Å². The Kier molecular flexibility index (Phi) is 7.05. The molecule has 1 aliphatic heterocycles. The molecule has 6 nitrogen and oxygen atoms in total. The lowest BCUT2D eigenvalue weighted by molar-refractivity contribution is -0.116. The van der Waals surface area contributed by atoms with Crippen LogP contribution in [0.5, 0.6) is 11.5 Å². The highest BCUT2D eigenvalue weighted by Gasteiger charge is 2.39. The maximum absolute atomic E-state index is 13.1. The molecule has 6 rings (SSSR count). The molecule has 0 bridgehead atoms.